The van der Waals surface area contributed by atoms with Gasteiger partial charge in [0.2, 0.25) is 11.8 Å². The standard InChI is InChI=1S/C29H48N4O4.C25H36N2O5.C4H12N2.CH4O/c1-18-23-13-22(29(23,3)4)14-24(18)31-28(36)27-26(19(2)35)25(17-34)37-33(27)16-21-9-7-8-20(12-21)15-30-10-11-32(5)6;1-14-19-9-18(25(19,3)4)10-20(14)26-24(31)23-22(15(2)30)21(13-29)32-27(23)11-16-6-5-7-17(8-16)12-28;1-6(2)4-3-5;1-2/h7-9,12,18-19,22-27,30,34-35H,10-11,13-17H2,1-6H3,(H,31,36);5-8,12,14-15,18-23,29-30H,9-11,13H2,1-4H3,(H,26,31);3-5H2,1-2H3;2H,1H3/t18-,19-,22+,23-,24?,25-,26+,27-;14-,15-,18+,19-,20?,21-,22+,23-;;/m00../s1. The summed E-state index contributed by atoms with van der Waals surface area (Å²) >= 11 is 0. The number of fused-ring (bicyclic) bond motifs is 4. The number of nitrogens with one attached hydrogen (secondary N) is 3. The highest BCUT2D eigenvalue weighted by Gasteiger charge is 2.59. The van der Waals surface area contributed by atoms with Gasteiger partial charge in [0.1, 0.15) is 30.6 Å². The van der Waals surface area contributed by atoms with E-state index in [1.54, 1.807) is 42.2 Å². The van der Waals surface area contributed by atoms with Crippen LogP contribution in [0, 0.1) is 58.2 Å². The van der Waals surface area contributed by atoms with Crippen molar-refractivity contribution in [2.75, 3.05) is 74.7 Å². The quantitative estimate of drug-likeness (QED) is 0.0683. The molecule has 6 aliphatic carbocycles. The van der Waals surface area contributed by atoms with Crippen molar-refractivity contribution in [3.63, 3.8) is 0 Å². The normalized spacial score (nSPS) is 32.4. The van der Waals surface area contributed by atoms with Crippen molar-refractivity contribution in [1.29, 1.82) is 0 Å². The van der Waals surface area contributed by atoms with E-state index in [4.69, 9.17) is 20.5 Å². The molecule has 2 amide bonds. The summed E-state index contributed by atoms with van der Waals surface area (Å²) in [5, 5.41) is 61.3. The fraction of sp³-hybridized carbons (Fsp3) is 0.746. The summed E-state index contributed by atoms with van der Waals surface area (Å²) < 4.78 is 0. The van der Waals surface area contributed by atoms with Crippen LogP contribution in [0.15, 0.2) is 48.5 Å². The SMILES string of the molecule is CN(C)CCN.CO.C[C@H](O)[C@@H]1[C@H](CO)ON(Cc2cccc(C=O)c2)[C@@H]1C(=O)NC1C[C@H]2C[C@@H]([C@@H]1C)C2(C)C.C[C@H](O)[C@@H]1[C@H](CO)ON(Cc2cccc(CNCCN(C)C)c2)[C@@H]1C(=O)NC1C[C@H]2C[C@@H]([C@@H]1C)C2(C)C. The lowest BCUT2D eigenvalue weighted by Crippen LogP contribution is -2.62. The summed E-state index contributed by atoms with van der Waals surface area (Å²) in [7, 11) is 9.13. The molecule has 18 nitrogen and oxygen atoms in total. The molecule has 77 heavy (non-hydrogen) atoms. The largest absolute Gasteiger partial charge is 0.400 e. The van der Waals surface area contributed by atoms with E-state index < -0.39 is 48.3 Å². The zero-order valence-electron chi connectivity index (χ0n) is 48.8. The smallest absolute Gasteiger partial charge is 0.240 e. The Balaban J connectivity index is 0.000000251. The summed E-state index contributed by atoms with van der Waals surface area (Å²) in [4.78, 5) is 54.8. The highest BCUT2D eigenvalue weighted by Crippen LogP contribution is 2.62. The van der Waals surface area contributed by atoms with Crippen molar-refractivity contribution >= 4 is 18.1 Å². The maximum absolute atomic E-state index is 13.8. The van der Waals surface area contributed by atoms with Gasteiger partial charge in [-0.1, -0.05) is 84.0 Å². The second-order valence-electron chi connectivity index (χ2n) is 24.7. The molecule has 8 aliphatic rings. The molecule has 2 saturated heterocycles. The molecule has 2 unspecified atom stereocenters. The number of aliphatic hydroxyl groups is 5. The molecule has 4 bridgehead atoms. The van der Waals surface area contributed by atoms with Gasteiger partial charge in [0, 0.05) is 69.3 Å². The van der Waals surface area contributed by atoms with Gasteiger partial charge >= 0.3 is 0 Å². The van der Waals surface area contributed by atoms with Crippen LogP contribution in [0.1, 0.15) is 108 Å². The Morgan fingerprint density at radius 2 is 1.14 bits per heavy atom. The Bertz CT molecular complexity index is 2160. The second-order valence-corrected chi connectivity index (χ2v) is 24.7. The molecule has 2 aliphatic heterocycles. The van der Waals surface area contributed by atoms with Gasteiger partial charge in [-0.25, -0.2) is 0 Å². The predicted octanol–water partition coefficient (Wildman–Crippen LogP) is 3.27. The van der Waals surface area contributed by atoms with Gasteiger partial charge in [0.15, 0.2) is 0 Å². The van der Waals surface area contributed by atoms with Crippen LogP contribution in [0.2, 0.25) is 0 Å². The Morgan fingerprint density at radius 1 is 0.714 bits per heavy atom. The minimum absolute atomic E-state index is 0.0994. The van der Waals surface area contributed by atoms with E-state index in [2.05, 4.69) is 93.5 Å². The van der Waals surface area contributed by atoms with Crippen LogP contribution < -0.4 is 21.7 Å². The van der Waals surface area contributed by atoms with E-state index >= 15 is 0 Å². The van der Waals surface area contributed by atoms with Crippen molar-refractivity contribution in [1.82, 2.24) is 35.9 Å². The minimum atomic E-state index is -0.828. The molecule has 8 fully saturated rings. The van der Waals surface area contributed by atoms with E-state index in [1.807, 2.05) is 32.3 Å². The maximum Gasteiger partial charge on any atom is 0.240 e. The molecular weight excluding hydrogens is 981 g/mol. The van der Waals surface area contributed by atoms with Gasteiger partial charge < -0.3 is 57.0 Å². The number of benzene rings is 2. The summed E-state index contributed by atoms with van der Waals surface area (Å²) in [6.45, 7) is 21.7. The lowest BCUT2D eigenvalue weighted by atomic mass is 9.45. The molecule has 16 atom stereocenters. The molecular formula is C59H100N8O10. The zero-order chi connectivity index (χ0) is 57.1. The van der Waals surface area contributed by atoms with Crippen molar-refractivity contribution in [3.8, 4) is 0 Å². The molecule has 2 aromatic carbocycles. The number of aliphatic hydroxyl groups excluding tert-OH is 5. The molecule has 2 heterocycles. The number of hydrogen-bond donors (Lipinski definition) is 9. The van der Waals surface area contributed by atoms with Crippen LogP contribution in [-0.2, 0) is 38.9 Å². The molecule has 10 N–H and O–H groups in total. The average Bonchev–Trinajstić information content (AvgIpc) is 3.95. The molecule has 2 aromatic rings. The first-order valence-electron chi connectivity index (χ1n) is 28.3. The van der Waals surface area contributed by atoms with Crippen LogP contribution in [-0.4, -0.2) is 187 Å². The van der Waals surface area contributed by atoms with E-state index in [-0.39, 0.29) is 43.7 Å². The molecule has 0 radical (unpaired) electrons. The van der Waals surface area contributed by atoms with Crippen molar-refractivity contribution in [3.05, 3.63) is 70.8 Å². The first-order chi connectivity index (χ1) is 36.5. The van der Waals surface area contributed by atoms with Gasteiger partial charge in [-0.15, -0.1) is 0 Å². The highest BCUT2D eigenvalue weighted by atomic mass is 16.7. The van der Waals surface area contributed by atoms with E-state index in [0.717, 1.165) is 70.1 Å². The number of rotatable bonds is 20. The van der Waals surface area contributed by atoms with Gasteiger partial charge in [0.05, 0.1) is 38.5 Å². The Labute approximate surface area is 460 Å². The highest BCUT2D eigenvalue weighted by molar-refractivity contribution is 5.83. The Morgan fingerprint density at radius 3 is 1.51 bits per heavy atom. The fourth-order valence-electron chi connectivity index (χ4n) is 13.7. The van der Waals surface area contributed by atoms with Gasteiger partial charge in [0.25, 0.3) is 0 Å². The number of nitrogens with zero attached hydrogens (tertiary/aromatic N) is 4. The number of hydrogen-bond acceptors (Lipinski definition) is 16. The van der Waals surface area contributed by atoms with Crippen molar-refractivity contribution < 1.29 is 49.6 Å². The summed E-state index contributed by atoms with van der Waals surface area (Å²) in [6.07, 6.45) is 2.32. The number of likely N-dealkylation sites (N-methyl/N-ethyl adjacent to an activating group) is 2. The molecule has 0 aromatic heterocycles. The van der Waals surface area contributed by atoms with Crippen LogP contribution in [0.4, 0.5) is 0 Å². The van der Waals surface area contributed by atoms with E-state index in [0.29, 0.717) is 58.4 Å². The van der Waals surface area contributed by atoms with Crippen LogP contribution in [0.25, 0.3) is 0 Å². The number of amides is 2. The van der Waals surface area contributed by atoms with Crippen molar-refractivity contribution in [2.45, 2.75) is 149 Å². The van der Waals surface area contributed by atoms with Gasteiger partial charge in [-0.3, -0.25) is 24.1 Å². The second kappa shape index (κ2) is 28.8. The van der Waals surface area contributed by atoms with E-state index in [9.17, 15) is 34.8 Å². The fourth-order valence-corrected chi connectivity index (χ4v) is 13.7. The lowest BCUT2D eigenvalue weighted by molar-refractivity contribution is -0.183. The number of carbonyl (C=O) groups is 3. The third-order valence-corrected chi connectivity index (χ3v) is 18.5. The third-order valence-electron chi connectivity index (χ3n) is 18.5. The number of aldehydes is 1. The average molecular weight is 1080 g/mol. The molecule has 0 spiro atoms. The Kier molecular flexibility index (Phi) is 24.1. The molecule has 6 saturated carbocycles. The van der Waals surface area contributed by atoms with Crippen molar-refractivity contribution in [2.24, 2.45) is 63.9 Å². The predicted molar refractivity (Wildman–Crippen MR) is 299 cm³/mol. The monoisotopic (exact) mass is 1080 g/mol. The van der Waals surface area contributed by atoms with Crippen LogP contribution >= 0.6 is 0 Å². The third kappa shape index (κ3) is 15.5. The van der Waals surface area contributed by atoms with Gasteiger partial charge in [-0.2, -0.15) is 10.1 Å². The molecule has 10 rings (SSSR count). The maximum atomic E-state index is 13.8. The van der Waals surface area contributed by atoms with Crippen LogP contribution in [0.3, 0.4) is 0 Å². The van der Waals surface area contributed by atoms with Crippen LogP contribution in [0.5, 0.6) is 0 Å². The first-order valence-corrected chi connectivity index (χ1v) is 28.3. The van der Waals surface area contributed by atoms with E-state index in [1.165, 1.54) is 18.4 Å². The zero-order valence-corrected chi connectivity index (χ0v) is 48.8. The lowest BCUT2D eigenvalue weighted by Gasteiger charge is -2.62. The number of nitrogens with two attached hydrogens (primary N) is 1. The summed E-state index contributed by atoms with van der Waals surface area (Å²) in [6, 6.07) is 14.2. The first kappa shape index (κ1) is 64.4. The Hall–Kier alpha value is -3.47. The van der Waals surface area contributed by atoms with Gasteiger partial charge in [-0.05, 0) is 137 Å². The summed E-state index contributed by atoms with van der Waals surface area (Å²) in [5.74, 6) is 1.94. The number of carbonyl (C=O) groups excluding carboxylic acids is 3. The molecule has 18 heteroatoms. The minimum Gasteiger partial charge on any atom is -0.400 e. The molecule has 436 valence electrons. The number of hydroxylamine groups is 4. The summed E-state index contributed by atoms with van der Waals surface area (Å²) in [5.41, 5.74) is 9.43. The topological polar surface area (TPSA) is 246 Å².